The first-order valence-corrected chi connectivity index (χ1v) is 8.29. The van der Waals surface area contributed by atoms with E-state index in [-0.39, 0.29) is 17.0 Å². The van der Waals surface area contributed by atoms with Crippen LogP contribution in [0.2, 0.25) is 0 Å². The minimum Gasteiger partial charge on any atom is -0.349 e. The molecule has 1 N–H and O–H groups in total. The highest BCUT2D eigenvalue weighted by molar-refractivity contribution is 8.13. The quantitative estimate of drug-likeness (QED) is 0.871. The van der Waals surface area contributed by atoms with E-state index in [0.29, 0.717) is 0 Å². The Hall–Kier alpha value is -1.14. The van der Waals surface area contributed by atoms with Gasteiger partial charge in [-0.3, -0.25) is 4.79 Å². The number of halogens is 2. The SMILES string of the molecule is CC(NC(=O)c1ccc(F)c(S(=O)(=O)Cl)c1)C(C)(C)C. The van der Waals surface area contributed by atoms with Crippen LogP contribution in [-0.2, 0) is 9.05 Å². The van der Waals surface area contributed by atoms with E-state index >= 15 is 0 Å². The third kappa shape index (κ3) is 4.18. The third-order valence-corrected chi connectivity index (χ3v) is 4.44. The van der Waals surface area contributed by atoms with E-state index in [1.54, 1.807) is 0 Å². The highest BCUT2D eigenvalue weighted by atomic mass is 35.7. The number of carbonyl (C=O) groups is 1. The predicted octanol–water partition coefficient (Wildman–Crippen LogP) is 2.92. The Morgan fingerprint density at radius 1 is 1.35 bits per heavy atom. The van der Waals surface area contributed by atoms with Crippen molar-refractivity contribution in [2.24, 2.45) is 5.41 Å². The van der Waals surface area contributed by atoms with Crippen LogP contribution in [0.1, 0.15) is 38.1 Å². The molecule has 7 heteroatoms. The normalized spacial score (nSPS) is 13.9. The van der Waals surface area contributed by atoms with E-state index in [1.807, 2.05) is 27.7 Å². The second-order valence-electron chi connectivity index (χ2n) is 5.64. The molecule has 1 amide bonds. The molecule has 1 atom stereocenters. The van der Waals surface area contributed by atoms with Crippen LogP contribution in [0.25, 0.3) is 0 Å². The van der Waals surface area contributed by atoms with Crippen LogP contribution in [0, 0.1) is 11.2 Å². The van der Waals surface area contributed by atoms with Gasteiger partial charge in [0.05, 0.1) is 0 Å². The van der Waals surface area contributed by atoms with Gasteiger partial charge in [-0.15, -0.1) is 0 Å². The standard InChI is InChI=1S/C13H17ClFNO3S/c1-8(13(2,3)4)16-12(17)9-5-6-10(15)11(7-9)20(14,18)19/h5-8H,1-4H3,(H,16,17). The Morgan fingerprint density at radius 3 is 2.35 bits per heavy atom. The lowest BCUT2D eigenvalue weighted by Gasteiger charge is -2.28. The Morgan fingerprint density at radius 2 is 1.90 bits per heavy atom. The molecule has 112 valence electrons. The number of nitrogens with one attached hydrogen (secondary N) is 1. The molecule has 0 aliphatic heterocycles. The van der Waals surface area contributed by atoms with E-state index < -0.39 is 25.7 Å². The van der Waals surface area contributed by atoms with Crippen molar-refractivity contribution in [2.45, 2.75) is 38.6 Å². The average molecular weight is 322 g/mol. The Balaban J connectivity index is 3.08. The van der Waals surface area contributed by atoms with Gasteiger partial charge in [0.15, 0.2) is 0 Å². The molecule has 0 aliphatic carbocycles. The summed E-state index contributed by atoms with van der Waals surface area (Å²) in [5.41, 5.74) is -0.112. The van der Waals surface area contributed by atoms with Gasteiger partial charge in [-0.2, -0.15) is 0 Å². The molecular formula is C13H17ClFNO3S. The van der Waals surface area contributed by atoms with Gasteiger partial charge >= 0.3 is 0 Å². The topological polar surface area (TPSA) is 63.2 Å². The summed E-state index contributed by atoms with van der Waals surface area (Å²) in [7, 11) is 0.890. The van der Waals surface area contributed by atoms with Gasteiger partial charge in [0.25, 0.3) is 15.0 Å². The summed E-state index contributed by atoms with van der Waals surface area (Å²) in [6, 6.07) is 2.91. The van der Waals surface area contributed by atoms with Gasteiger partial charge in [-0.1, -0.05) is 20.8 Å². The molecule has 0 saturated heterocycles. The maximum atomic E-state index is 13.4. The van der Waals surface area contributed by atoms with Crippen molar-refractivity contribution in [1.82, 2.24) is 5.32 Å². The van der Waals surface area contributed by atoms with Crippen molar-refractivity contribution in [3.63, 3.8) is 0 Å². The van der Waals surface area contributed by atoms with Crippen molar-refractivity contribution in [2.75, 3.05) is 0 Å². The molecular weight excluding hydrogens is 305 g/mol. The summed E-state index contributed by atoms with van der Waals surface area (Å²) >= 11 is 0. The van der Waals surface area contributed by atoms with E-state index in [1.165, 1.54) is 6.07 Å². The number of carbonyl (C=O) groups excluding carboxylic acids is 1. The molecule has 4 nitrogen and oxygen atoms in total. The zero-order chi connectivity index (χ0) is 15.7. The zero-order valence-corrected chi connectivity index (χ0v) is 13.3. The fourth-order valence-electron chi connectivity index (χ4n) is 1.33. The molecule has 1 unspecified atom stereocenters. The summed E-state index contributed by atoms with van der Waals surface area (Å²) in [6.45, 7) is 7.70. The van der Waals surface area contributed by atoms with Crippen molar-refractivity contribution in [3.05, 3.63) is 29.6 Å². The van der Waals surface area contributed by atoms with Crippen LogP contribution < -0.4 is 5.32 Å². The molecule has 0 radical (unpaired) electrons. The van der Waals surface area contributed by atoms with Crippen molar-refractivity contribution < 1.29 is 17.6 Å². The molecule has 0 bridgehead atoms. The van der Waals surface area contributed by atoms with Gasteiger partial charge in [-0.05, 0) is 30.5 Å². The maximum absolute atomic E-state index is 13.4. The molecule has 0 fully saturated rings. The minimum atomic E-state index is -4.23. The molecule has 0 spiro atoms. The molecule has 1 aromatic rings. The summed E-state index contributed by atoms with van der Waals surface area (Å²) in [4.78, 5) is 11.3. The van der Waals surface area contributed by atoms with E-state index in [9.17, 15) is 17.6 Å². The lowest BCUT2D eigenvalue weighted by atomic mass is 9.88. The smallest absolute Gasteiger partial charge is 0.264 e. The number of hydrogen-bond acceptors (Lipinski definition) is 3. The fourth-order valence-corrected chi connectivity index (χ4v) is 2.25. The molecule has 20 heavy (non-hydrogen) atoms. The first-order chi connectivity index (χ1) is 8.93. The lowest BCUT2D eigenvalue weighted by Crippen LogP contribution is -2.41. The summed E-state index contributed by atoms with van der Waals surface area (Å²) in [6.07, 6.45) is 0. The fraction of sp³-hybridized carbons (Fsp3) is 0.462. The van der Waals surface area contributed by atoms with Crippen LogP contribution in [-0.4, -0.2) is 20.4 Å². The van der Waals surface area contributed by atoms with E-state index in [4.69, 9.17) is 10.7 Å². The minimum absolute atomic E-state index is 0.0433. The second kappa shape index (κ2) is 5.69. The number of rotatable bonds is 3. The number of amides is 1. The summed E-state index contributed by atoms with van der Waals surface area (Å²) in [5.74, 6) is -1.46. The van der Waals surface area contributed by atoms with Gasteiger partial charge < -0.3 is 5.32 Å². The number of benzene rings is 1. The highest BCUT2D eigenvalue weighted by Gasteiger charge is 2.24. The Bertz CT molecular complexity index is 623. The Labute approximate surface area is 122 Å². The molecule has 1 rings (SSSR count). The molecule has 0 saturated carbocycles. The van der Waals surface area contributed by atoms with Crippen LogP contribution in [0.3, 0.4) is 0 Å². The number of hydrogen-bond donors (Lipinski definition) is 1. The highest BCUT2D eigenvalue weighted by Crippen LogP contribution is 2.22. The third-order valence-electron chi connectivity index (χ3n) is 3.10. The lowest BCUT2D eigenvalue weighted by molar-refractivity contribution is 0.0910. The van der Waals surface area contributed by atoms with E-state index in [0.717, 1.165) is 12.1 Å². The monoisotopic (exact) mass is 321 g/mol. The first-order valence-electron chi connectivity index (χ1n) is 5.98. The predicted molar refractivity (Wildman–Crippen MR) is 75.8 cm³/mol. The van der Waals surface area contributed by atoms with Gasteiger partial charge in [-0.25, -0.2) is 12.8 Å². The van der Waals surface area contributed by atoms with Crippen LogP contribution in [0.15, 0.2) is 23.1 Å². The maximum Gasteiger partial charge on any atom is 0.264 e. The van der Waals surface area contributed by atoms with E-state index in [2.05, 4.69) is 5.32 Å². The van der Waals surface area contributed by atoms with Crippen LogP contribution in [0.4, 0.5) is 4.39 Å². The first kappa shape index (κ1) is 16.9. The molecule has 0 aliphatic rings. The molecule has 1 aromatic carbocycles. The van der Waals surface area contributed by atoms with Gasteiger partial charge in [0, 0.05) is 22.3 Å². The van der Waals surface area contributed by atoms with Crippen molar-refractivity contribution in [1.29, 1.82) is 0 Å². The van der Waals surface area contributed by atoms with Crippen molar-refractivity contribution in [3.8, 4) is 0 Å². The van der Waals surface area contributed by atoms with Crippen LogP contribution >= 0.6 is 10.7 Å². The average Bonchev–Trinajstić information content (AvgIpc) is 2.26. The molecule has 0 heterocycles. The van der Waals surface area contributed by atoms with Crippen LogP contribution in [0.5, 0.6) is 0 Å². The van der Waals surface area contributed by atoms with Crippen molar-refractivity contribution >= 4 is 25.6 Å². The second-order valence-corrected chi connectivity index (χ2v) is 8.18. The van der Waals surface area contributed by atoms with Gasteiger partial charge in [0.2, 0.25) is 0 Å². The largest absolute Gasteiger partial charge is 0.349 e. The van der Waals surface area contributed by atoms with Gasteiger partial charge in [0.1, 0.15) is 10.7 Å². The Kier molecular flexibility index (Phi) is 4.82. The summed E-state index contributed by atoms with van der Waals surface area (Å²) < 4.78 is 35.8. The summed E-state index contributed by atoms with van der Waals surface area (Å²) in [5, 5.41) is 2.73. The molecule has 0 aromatic heterocycles. The zero-order valence-electron chi connectivity index (χ0n) is 11.7.